The number of sulfonamides is 1. The van der Waals surface area contributed by atoms with Gasteiger partial charge in [-0.1, -0.05) is 25.5 Å². The van der Waals surface area contributed by atoms with Crippen molar-refractivity contribution in [1.82, 2.24) is 9.62 Å². The summed E-state index contributed by atoms with van der Waals surface area (Å²) in [5.41, 5.74) is 0.598. The molecule has 1 aliphatic rings. The van der Waals surface area contributed by atoms with Gasteiger partial charge < -0.3 is 4.90 Å². The number of likely N-dealkylation sites (tertiary alicyclic amines) is 1. The van der Waals surface area contributed by atoms with Crippen LogP contribution in [0.2, 0.25) is 0 Å². The number of nitrogens with zero attached hydrogens (tertiary/aromatic N) is 1. The summed E-state index contributed by atoms with van der Waals surface area (Å²) in [5, 5.41) is 0. The highest BCUT2D eigenvalue weighted by molar-refractivity contribution is 7.88. The Morgan fingerprint density at radius 2 is 2.00 bits per heavy atom. The number of hydrogen-bond donors (Lipinski definition) is 1. The number of nitrogens with one attached hydrogen (secondary N) is 1. The topological polar surface area (TPSA) is 49.4 Å². The van der Waals surface area contributed by atoms with Crippen molar-refractivity contribution < 1.29 is 12.8 Å². The molecule has 1 fully saturated rings. The molecule has 1 heterocycles. The van der Waals surface area contributed by atoms with Crippen molar-refractivity contribution in [3.05, 3.63) is 35.6 Å². The largest absolute Gasteiger partial charge is 0.300 e. The molecule has 1 aromatic rings. The molecule has 1 aliphatic heterocycles. The second-order valence-corrected chi connectivity index (χ2v) is 8.03. The first kappa shape index (κ1) is 18.4. The van der Waals surface area contributed by atoms with Crippen molar-refractivity contribution in [2.75, 3.05) is 19.6 Å². The molecule has 0 bridgehead atoms. The van der Waals surface area contributed by atoms with Gasteiger partial charge in [0.15, 0.2) is 0 Å². The fourth-order valence-electron chi connectivity index (χ4n) is 3.18. The van der Waals surface area contributed by atoms with Crippen molar-refractivity contribution >= 4 is 10.0 Å². The van der Waals surface area contributed by atoms with E-state index in [-0.39, 0.29) is 11.6 Å². The van der Waals surface area contributed by atoms with Crippen LogP contribution in [0, 0.1) is 5.82 Å². The Labute approximate surface area is 139 Å². The lowest BCUT2D eigenvalue weighted by atomic mass is 10.00. The molecule has 2 rings (SSSR count). The number of benzene rings is 1. The van der Waals surface area contributed by atoms with E-state index < -0.39 is 10.0 Å². The van der Waals surface area contributed by atoms with Crippen LogP contribution in [0.1, 0.15) is 44.6 Å². The maximum atomic E-state index is 12.8. The summed E-state index contributed by atoms with van der Waals surface area (Å²) in [6.07, 6.45) is 5.79. The standard InChI is InChI=1S/C17H27FN2O2S/c1-2-17-6-3-4-12-20(17)13-5-11-19-23(21,22)14-15-7-9-16(18)10-8-15/h7-10,17,19H,2-6,11-14H2,1H3. The zero-order valence-corrected chi connectivity index (χ0v) is 14.6. The van der Waals surface area contributed by atoms with Crippen LogP contribution in [0.15, 0.2) is 24.3 Å². The highest BCUT2D eigenvalue weighted by atomic mass is 32.2. The molecule has 6 heteroatoms. The van der Waals surface area contributed by atoms with Crippen LogP contribution < -0.4 is 4.72 Å². The molecule has 0 radical (unpaired) electrons. The Morgan fingerprint density at radius 1 is 1.26 bits per heavy atom. The highest BCUT2D eigenvalue weighted by Gasteiger charge is 2.20. The minimum Gasteiger partial charge on any atom is -0.300 e. The van der Waals surface area contributed by atoms with E-state index in [0.29, 0.717) is 18.2 Å². The molecule has 0 saturated carbocycles. The third kappa shape index (κ3) is 6.20. The lowest BCUT2D eigenvalue weighted by molar-refractivity contribution is 0.143. The first-order valence-electron chi connectivity index (χ1n) is 8.46. The van der Waals surface area contributed by atoms with Crippen LogP contribution in [0.25, 0.3) is 0 Å². The number of piperidine rings is 1. The first-order chi connectivity index (χ1) is 11.0. The molecule has 130 valence electrons. The molecule has 0 aliphatic carbocycles. The predicted molar refractivity (Wildman–Crippen MR) is 91.1 cm³/mol. The zero-order chi connectivity index (χ0) is 16.7. The Balaban J connectivity index is 1.73. The minimum absolute atomic E-state index is 0.103. The van der Waals surface area contributed by atoms with E-state index in [4.69, 9.17) is 0 Å². The molecule has 1 unspecified atom stereocenters. The summed E-state index contributed by atoms with van der Waals surface area (Å²) < 4.78 is 39.6. The molecule has 0 aromatic heterocycles. The van der Waals surface area contributed by atoms with Gasteiger partial charge in [-0.15, -0.1) is 0 Å². The maximum Gasteiger partial charge on any atom is 0.215 e. The summed E-state index contributed by atoms with van der Waals surface area (Å²) in [6.45, 7) is 4.74. The van der Waals surface area contributed by atoms with Gasteiger partial charge in [0.1, 0.15) is 5.82 Å². The van der Waals surface area contributed by atoms with Crippen LogP contribution in [0.3, 0.4) is 0 Å². The van der Waals surface area contributed by atoms with Gasteiger partial charge >= 0.3 is 0 Å². The van der Waals surface area contributed by atoms with Crippen LogP contribution in [-0.4, -0.2) is 39.0 Å². The fraction of sp³-hybridized carbons (Fsp3) is 0.647. The SMILES string of the molecule is CCC1CCCCN1CCCNS(=O)(=O)Cc1ccc(F)cc1. The molecule has 23 heavy (non-hydrogen) atoms. The van der Waals surface area contributed by atoms with Gasteiger partial charge in [0.05, 0.1) is 5.75 Å². The van der Waals surface area contributed by atoms with E-state index in [0.717, 1.165) is 25.9 Å². The summed E-state index contributed by atoms with van der Waals surface area (Å²) in [5.74, 6) is -0.458. The van der Waals surface area contributed by atoms with Crippen molar-refractivity contribution in [3.63, 3.8) is 0 Å². The normalized spacial score (nSPS) is 19.8. The van der Waals surface area contributed by atoms with Gasteiger partial charge in [0.25, 0.3) is 0 Å². The van der Waals surface area contributed by atoms with Gasteiger partial charge in [-0.25, -0.2) is 17.5 Å². The van der Waals surface area contributed by atoms with Gasteiger partial charge in [-0.3, -0.25) is 0 Å². The van der Waals surface area contributed by atoms with E-state index in [1.54, 1.807) is 0 Å². The lowest BCUT2D eigenvalue weighted by Crippen LogP contribution is -2.40. The molecule has 1 saturated heterocycles. The molecule has 1 N–H and O–H groups in total. The minimum atomic E-state index is -3.36. The molecule has 4 nitrogen and oxygen atoms in total. The Hall–Kier alpha value is -0.980. The van der Waals surface area contributed by atoms with Crippen molar-refractivity contribution in [1.29, 1.82) is 0 Å². The maximum absolute atomic E-state index is 12.8. The average Bonchev–Trinajstić information content (AvgIpc) is 2.54. The molecule has 1 aromatic carbocycles. The second kappa shape index (κ2) is 8.76. The van der Waals surface area contributed by atoms with E-state index in [1.165, 1.54) is 43.5 Å². The van der Waals surface area contributed by atoms with E-state index in [1.807, 2.05) is 0 Å². The van der Waals surface area contributed by atoms with Crippen molar-refractivity contribution in [2.45, 2.75) is 50.8 Å². The summed E-state index contributed by atoms with van der Waals surface area (Å²) in [6, 6.07) is 6.24. The van der Waals surface area contributed by atoms with Gasteiger partial charge in [0.2, 0.25) is 10.0 Å². The monoisotopic (exact) mass is 342 g/mol. The summed E-state index contributed by atoms with van der Waals surface area (Å²) in [4.78, 5) is 2.48. The predicted octanol–water partition coefficient (Wildman–Crippen LogP) is 2.90. The smallest absolute Gasteiger partial charge is 0.215 e. The first-order valence-corrected chi connectivity index (χ1v) is 10.1. The summed E-state index contributed by atoms with van der Waals surface area (Å²) in [7, 11) is -3.36. The van der Waals surface area contributed by atoms with E-state index in [9.17, 15) is 12.8 Å². The molecule has 1 atom stereocenters. The third-order valence-corrected chi connectivity index (χ3v) is 5.79. The van der Waals surface area contributed by atoms with Crippen molar-refractivity contribution in [2.24, 2.45) is 0 Å². The van der Waals surface area contributed by atoms with Crippen molar-refractivity contribution in [3.8, 4) is 0 Å². The molecular weight excluding hydrogens is 315 g/mol. The van der Waals surface area contributed by atoms with E-state index >= 15 is 0 Å². The molecule has 0 amide bonds. The average molecular weight is 342 g/mol. The van der Waals surface area contributed by atoms with Crippen LogP contribution in [-0.2, 0) is 15.8 Å². The van der Waals surface area contributed by atoms with Gasteiger partial charge in [0, 0.05) is 12.6 Å². The second-order valence-electron chi connectivity index (χ2n) is 6.23. The summed E-state index contributed by atoms with van der Waals surface area (Å²) >= 11 is 0. The quantitative estimate of drug-likeness (QED) is 0.739. The van der Waals surface area contributed by atoms with Gasteiger partial charge in [-0.05, 0) is 56.5 Å². The van der Waals surface area contributed by atoms with E-state index in [2.05, 4.69) is 16.5 Å². The lowest BCUT2D eigenvalue weighted by Gasteiger charge is -2.35. The number of halogens is 1. The van der Waals surface area contributed by atoms with Crippen LogP contribution in [0.5, 0.6) is 0 Å². The Bertz CT molecular complexity index is 575. The van der Waals surface area contributed by atoms with Gasteiger partial charge in [-0.2, -0.15) is 0 Å². The Morgan fingerprint density at radius 3 is 2.70 bits per heavy atom. The fourth-order valence-corrected chi connectivity index (χ4v) is 4.37. The Kier molecular flexibility index (Phi) is 6.99. The van der Waals surface area contributed by atoms with Crippen LogP contribution in [0.4, 0.5) is 4.39 Å². The zero-order valence-electron chi connectivity index (χ0n) is 13.8. The molecular formula is C17H27FN2O2S. The highest BCUT2D eigenvalue weighted by Crippen LogP contribution is 2.19. The van der Waals surface area contributed by atoms with Crippen LogP contribution >= 0.6 is 0 Å². The molecule has 0 spiro atoms. The number of rotatable bonds is 8. The number of hydrogen-bond acceptors (Lipinski definition) is 3. The third-order valence-electron chi connectivity index (χ3n) is 4.43.